The van der Waals surface area contributed by atoms with E-state index >= 15 is 0 Å². The van der Waals surface area contributed by atoms with Crippen molar-refractivity contribution in [2.75, 3.05) is 26.2 Å². The summed E-state index contributed by atoms with van der Waals surface area (Å²) in [4.78, 5) is 28.5. The van der Waals surface area contributed by atoms with E-state index in [9.17, 15) is 9.59 Å². The maximum Gasteiger partial charge on any atom is 0.410 e. The van der Waals surface area contributed by atoms with Crippen LogP contribution in [0, 0.1) is 0 Å². The second-order valence-corrected chi connectivity index (χ2v) is 9.71. The zero-order valence-electron chi connectivity index (χ0n) is 19.8. The van der Waals surface area contributed by atoms with Gasteiger partial charge in [-0.25, -0.2) is 9.59 Å². The normalized spacial score (nSPS) is 20.2. The van der Waals surface area contributed by atoms with Crippen LogP contribution >= 0.6 is 0 Å². The lowest BCUT2D eigenvalue weighted by molar-refractivity contribution is -0.0176. The number of hydrogen-bond donors (Lipinski definition) is 0. The van der Waals surface area contributed by atoms with Crippen molar-refractivity contribution in [2.24, 2.45) is 0 Å². The predicted octanol–water partition coefficient (Wildman–Crippen LogP) is 4.98. The van der Waals surface area contributed by atoms with Crippen LogP contribution in [0.5, 0.6) is 0 Å². The van der Waals surface area contributed by atoms with Gasteiger partial charge in [-0.2, -0.15) is 0 Å². The van der Waals surface area contributed by atoms with E-state index in [1.165, 1.54) is 0 Å². The highest BCUT2D eigenvalue weighted by Gasteiger charge is 2.29. The number of likely N-dealkylation sites (tertiary alicyclic amines) is 2. The average Bonchev–Trinajstić information content (AvgIpc) is 2.78. The van der Waals surface area contributed by atoms with Crippen molar-refractivity contribution in [3.8, 4) is 0 Å². The molecule has 2 aliphatic heterocycles. The van der Waals surface area contributed by atoms with Crippen LogP contribution in [-0.4, -0.2) is 66.0 Å². The molecule has 0 saturated carbocycles. The fourth-order valence-corrected chi connectivity index (χ4v) is 4.25. The molecular weight excluding hydrogens is 408 g/mol. The van der Waals surface area contributed by atoms with Gasteiger partial charge in [0.15, 0.2) is 0 Å². The van der Waals surface area contributed by atoms with Crippen LogP contribution in [0.15, 0.2) is 30.3 Å². The Labute approximate surface area is 192 Å². The number of carbonyl (C=O) groups excluding carboxylic acids is 2. The quantitative estimate of drug-likeness (QED) is 0.616. The van der Waals surface area contributed by atoms with Crippen LogP contribution < -0.4 is 0 Å². The lowest BCUT2D eigenvalue weighted by Crippen LogP contribution is -2.45. The zero-order valence-corrected chi connectivity index (χ0v) is 19.8. The Hall–Kier alpha value is -2.28. The van der Waals surface area contributed by atoms with Gasteiger partial charge >= 0.3 is 12.2 Å². The summed E-state index contributed by atoms with van der Waals surface area (Å²) >= 11 is 0. The molecule has 7 heteroatoms. The van der Waals surface area contributed by atoms with E-state index < -0.39 is 5.60 Å². The molecule has 0 unspecified atom stereocenters. The zero-order chi connectivity index (χ0) is 23.0. The molecule has 7 nitrogen and oxygen atoms in total. The Balaban J connectivity index is 1.38. The summed E-state index contributed by atoms with van der Waals surface area (Å²) in [5, 5.41) is 0. The summed E-state index contributed by atoms with van der Waals surface area (Å²) in [7, 11) is 0. The molecule has 2 aliphatic rings. The van der Waals surface area contributed by atoms with E-state index in [-0.39, 0.29) is 24.3 Å². The van der Waals surface area contributed by atoms with Crippen molar-refractivity contribution >= 4 is 12.2 Å². The standard InChI is InChI=1S/C25H38N2O5/c1-25(2,3)32-23(28)26-16-12-22(13-17-26)30-18-14-21-11-7-8-15-27(21)24(29)31-19-20-9-5-4-6-10-20/h4-6,9-10,21-22H,7-8,11-19H2,1-3H3/t21-/m0/s1. The largest absolute Gasteiger partial charge is 0.445 e. The van der Waals surface area contributed by atoms with Gasteiger partial charge in [0.05, 0.1) is 6.10 Å². The van der Waals surface area contributed by atoms with Gasteiger partial charge in [0.25, 0.3) is 0 Å². The molecule has 0 spiro atoms. The predicted molar refractivity (Wildman–Crippen MR) is 122 cm³/mol. The van der Waals surface area contributed by atoms with Crippen LogP contribution in [0.2, 0.25) is 0 Å². The van der Waals surface area contributed by atoms with Crippen molar-refractivity contribution < 1.29 is 23.8 Å². The molecule has 1 aromatic rings. The minimum absolute atomic E-state index is 0.149. The fraction of sp³-hybridized carbons (Fsp3) is 0.680. The van der Waals surface area contributed by atoms with Gasteiger partial charge in [-0.05, 0) is 64.9 Å². The van der Waals surface area contributed by atoms with E-state index in [0.717, 1.165) is 50.6 Å². The summed E-state index contributed by atoms with van der Waals surface area (Å²) < 4.78 is 17.1. The first-order valence-electron chi connectivity index (χ1n) is 11.9. The molecule has 0 radical (unpaired) electrons. The SMILES string of the molecule is CC(C)(C)OC(=O)N1CCC(OCC[C@@H]2CCCCN2C(=O)OCc2ccccc2)CC1. The Morgan fingerprint density at radius 3 is 2.38 bits per heavy atom. The number of carbonyl (C=O) groups is 2. The molecular formula is C25H38N2O5. The van der Waals surface area contributed by atoms with Crippen molar-refractivity contribution in [1.29, 1.82) is 0 Å². The van der Waals surface area contributed by atoms with Gasteiger partial charge in [0, 0.05) is 32.3 Å². The summed E-state index contributed by atoms with van der Waals surface area (Å²) in [6.07, 6.45) is 5.23. The average molecular weight is 447 g/mol. The molecule has 0 bridgehead atoms. The summed E-state index contributed by atoms with van der Waals surface area (Å²) in [6, 6.07) is 9.93. The molecule has 2 fully saturated rings. The van der Waals surface area contributed by atoms with Crippen molar-refractivity contribution in [3.63, 3.8) is 0 Å². The Kier molecular flexibility index (Phi) is 8.79. The van der Waals surface area contributed by atoms with Crippen LogP contribution in [0.4, 0.5) is 9.59 Å². The molecule has 178 valence electrons. The first-order valence-corrected chi connectivity index (χ1v) is 11.9. The van der Waals surface area contributed by atoms with Gasteiger partial charge in [0.1, 0.15) is 12.2 Å². The van der Waals surface area contributed by atoms with Crippen molar-refractivity contribution in [3.05, 3.63) is 35.9 Å². The van der Waals surface area contributed by atoms with Gasteiger partial charge in [-0.15, -0.1) is 0 Å². The molecule has 2 amide bonds. The van der Waals surface area contributed by atoms with Crippen LogP contribution in [0.3, 0.4) is 0 Å². The smallest absolute Gasteiger partial charge is 0.410 e. The Morgan fingerprint density at radius 2 is 1.69 bits per heavy atom. The molecule has 0 aliphatic carbocycles. The molecule has 2 heterocycles. The van der Waals surface area contributed by atoms with E-state index in [0.29, 0.717) is 26.3 Å². The maximum absolute atomic E-state index is 12.7. The fourth-order valence-electron chi connectivity index (χ4n) is 4.25. The number of benzene rings is 1. The minimum Gasteiger partial charge on any atom is -0.445 e. The first kappa shape index (κ1) is 24.4. The maximum atomic E-state index is 12.7. The molecule has 1 atom stereocenters. The first-order chi connectivity index (χ1) is 15.3. The van der Waals surface area contributed by atoms with Gasteiger partial charge in [-0.3, -0.25) is 0 Å². The van der Waals surface area contributed by atoms with Crippen molar-refractivity contribution in [2.45, 2.75) is 83.6 Å². The monoisotopic (exact) mass is 446 g/mol. The third kappa shape index (κ3) is 7.69. The number of amides is 2. The van der Waals surface area contributed by atoms with E-state index in [1.807, 2.05) is 56.0 Å². The number of piperidine rings is 2. The lowest BCUT2D eigenvalue weighted by Gasteiger charge is -2.36. The molecule has 3 rings (SSSR count). The highest BCUT2D eigenvalue weighted by atomic mass is 16.6. The molecule has 32 heavy (non-hydrogen) atoms. The van der Waals surface area contributed by atoms with E-state index in [1.54, 1.807) is 4.90 Å². The third-order valence-corrected chi connectivity index (χ3v) is 5.97. The summed E-state index contributed by atoms with van der Waals surface area (Å²) in [5.74, 6) is 0. The highest BCUT2D eigenvalue weighted by Crippen LogP contribution is 2.23. The van der Waals surface area contributed by atoms with E-state index in [4.69, 9.17) is 14.2 Å². The molecule has 1 aromatic carbocycles. The number of rotatable bonds is 6. The summed E-state index contributed by atoms with van der Waals surface area (Å²) in [6.45, 7) is 8.61. The third-order valence-electron chi connectivity index (χ3n) is 5.97. The molecule has 0 aromatic heterocycles. The lowest BCUT2D eigenvalue weighted by atomic mass is 10.00. The molecule has 2 saturated heterocycles. The van der Waals surface area contributed by atoms with Gasteiger partial charge in [0.2, 0.25) is 0 Å². The number of nitrogens with zero attached hydrogens (tertiary/aromatic N) is 2. The van der Waals surface area contributed by atoms with Crippen molar-refractivity contribution in [1.82, 2.24) is 9.80 Å². The second kappa shape index (κ2) is 11.5. The minimum atomic E-state index is -0.474. The van der Waals surface area contributed by atoms with Gasteiger partial charge in [-0.1, -0.05) is 30.3 Å². The number of ether oxygens (including phenoxy) is 3. The van der Waals surface area contributed by atoms with Crippen LogP contribution in [0.1, 0.15) is 64.9 Å². The van der Waals surface area contributed by atoms with E-state index in [2.05, 4.69) is 0 Å². The number of hydrogen-bond acceptors (Lipinski definition) is 5. The highest BCUT2D eigenvalue weighted by molar-refractivity contribution is 5.68. The molecule has 0 N–H and O–H groups in total. The Bertz CT molecular complexity index is 726. The van der Waals surface area contributed by atoms with Gasteiger partial charge < -0.3 is 24.0 Å². The topological polar surface area (TPSA) is 68.3 Å². The summed E-state index contributed by atoms with van der Waals surface area (Å²) in [5.41, 5.74) is 0.522. The second-order valence-electron chi connectivity index (χ2n) is 9.71. The van der Waals surface area contributed by atoms with Crippen LogP contribution in [0.25, 0.3) is 0 Å². The van der Waals surface area contributed by atoms with Crippen LogP contribution in [-0.2, 0) is 20.8 Å². The Morgan fingerprint density at radius 1 is 0.969 bits per heavy atom.